The van der Waals surface area contributed by atoms with Gasteiger partial charge in [0.15, 0.2) is 0 Å². The molecule has 1 aliphatic heterocycles. The lowest BCUT2D eigenvalue weighted by molar-refractivity contribution is -0.128. The Morgan fingerprint density at radius 3 is 2.75 bits per heavy atom. The summed E-state index contributed by atoms with van der Waals surface area (Å²) in [6, 6.07) is 5.70. The smallest absolute Gasteiger partial charge is 0.240 e. The number of hydrogen-bond donors (Lipinski definition) is 2. The average molecular weight is 320 g/mol. The van der Waals surface area contributed by atoms with E-state index < -0.39 is 0 Å². The third kappa shape index (κ3) is 4.08. The Kier molecular flexibility index (Phi) is 8.09. The minimum atomic E-state index is -0.372. The van der Waals surface area contributed by atoms with Crippen LogP contribution in [-0.2, 0) is 4.79 Å². The standard InChI is InChI=1S/C14H21N3O.2ClH/c1-3-14(8-6-10-16-14)13(18)17-11(2)12-7-4-5-9-15-12;;/h4-5,7,9,11,16H,3,6,8,10H2,1-2H3,(H,17,18);2*1H. The molecular weight excluding hydrogens is 297 g/mol. The Balaban J connectivity index is 0.00000180. The fourth-order valence-electron chi connectivity index (χ4n) is 2.50. The molecule has 0 radical (unpaired) electrons. The molecule has 2 heterocycles. The summed E-state index contributed by atoms with van der Waals surface area (Å²) in [7, 11) is 0. The van der Waals surface area contributed by atoms with E-state index in [-0.39, 0.29) is 42.3 Å². The third-order valence-corrected chi connectivity index (χ3v) is 3.76. The molecule has 4 nitrogen and oxygen atoms in total. The van der Waals surface area contributed by atoms with E-state index in [9.17, 15) is 4.79 Å². The van der Waals surface area contributed by atoms with E-state index in [0.29, 0.717) is 0 Å². The Hall–Kier alpha value is -0.840. The Labute approximate surface area is 132 Å². The van der Waals surface area contributed by atoms with E-state index in [1.165, 1.54) is 0 Å². The molecule has 2 unspecified atom stereocenters. The third-order valence-electron chi connectivity index (χ3n) is 3.76. The lowest BCUT2D eigenvalue weighted by atomic mass is 9.92. The minimum absolute atomic E-state index is 0. The first-order chi connectivity index (χ1) is 8.68. The van der Waals surface area contributed by atoms with E-state index in [1.54, 1.807) is 6.20 Å². The van der Waals surface area contributed by atoms with Gasteiger partial charge < -0.3 is 10.6 Å². The Morgan fingerprint density at radius 2 is 2.25 bits per heavy atom. The van der Waals surface area contributed by atoms with Crippen molar-refractivity contribution in [1.82, 2.24) is 15.6 Å². The fourth-order valence-corrected chi connectivity index (χ4v) is 2.50. The quantitative estimate of drug-likeness (QED) is 0.897. The van der Waals surface area contributed by atoms with Crippen LogP contribution in [0.15, 0.2) is 24.4 Å². The van der Waals surface area contributed by atoms with Gasteiger partial charge in [-0.15, -0.1) is 24.8 Å². The summed E-state index contributed by atoms with van der Waals surface area (Å²) in [5, 5.41) is 6.41. The number of hydrogen-bond acceptors (Lipinski definition) is 3. The van der Waals surface area contributed by atoms with Crippen molar-refractivity contribution >= 4 is 30.7 Å². The molecule has 1 aliphatic rings. The summed E-state index contributed by atoms with van der Waals surface area (Å²) in [6.07, 6.45) is 4.57. The molecule has 1 aromatic heterocycles. The van der Waals surface area contributed by atoms with Crippen molar-refractivity contribution < 1.29 is 4.79 Å². The molecule has 0 aliphatic carbocycles. The predicted molar refractivity (Wildman–Crippen MR) is 85.5 cm³/mol. The Bertz CT molecular complexity index is 408. The van der Waals surface area contributed by atoms with Crippen molar-refractivity contribution in [2.75, 3.05) is 6.54 Å². The predicted octanol–water partition coefficient (Wildman–Crippen LogP) is 2.63. The maximum absolute atomic E-state index is 12.4. The summed E-state index contributed by atoms with van der Waals surface area (Å²) >= 11 is 0. The highest BCUT2D eigenvalue weighted by molar-refractivity contribution is 5.87. The molecule has 0 saturated carbocycles. The van der Waals surface area contributed by atoms with Gasteiger partial charge in [-0.25, -0.2) is 0 Å². The minimum Gasteiger partial charge on any atom is -0.346 e. The van der Waals surface area contributed by atoms with Crippen LogP contribution < -0.4 is 10.6 Å². The van der Waals surface area contributed by atoms with Crippen LogP contribution in [0.4, 0.5) is 0 Å². The van der Waals surface area contributed by atoms with Gasteiger partial charge in [0.2, 0.25) is 5.91 Å². The fraction of sp³-hybridized carbons (Fsp3) is 0.571. The van der Waals surface area contributed by atoms with E-state index in [2.05, 4.69) is 22.5 Å². The van der Waals surface area contributed by atoms with Crippen molar-refractivity contribution in [3.05, 3.63) is 30.1 Å². The average Bonchev–Trinajstić information content (AvgIpc) is 2.89. The number of carbonyl (C=O) groups excluding carboxylic acids is 1. The Morgan fingerprint density at radius 1 is 1.50 bits per heavy atom. The highest BCUT2D eigenvalue weighted by Crippen LogP contribution is 2.24. The number of aromatic nitrogens is 1. The number of nitrogens with one attached hydrogen (secondary N) is 2. The van der Waals surface area contributed by atoms with Crippen LogP contribution in [0.5, 0.6) is 0 Å². The van der Waals surface area contributed by atoms with Crippen LogP contribution in [0.3, 0.4) is 0 Å². The van der Waals surface area contributed by atoms with Crippen LogP contribution in [0.1, 0.15) is 44.8 Å². The van der Waals surface area contributed by atoms with Gasteiger partial charge in [-0.3, -0.25) is 9.78 Å². The zero-order valence-corrected chi connectivity index (χ0v) is 13.5. The SMILES string of the molecule is CCC1(C(=O)NC(C)c2ccccn2)CCCN1.Cl.Cl. The number of pyridine rings is 1. The van der Waals surface area contributed by atoms with Gasteiger partial charge in [0, 0.05) is 6.20 Å². The van der Waals surface area contributed by atoms with Crippen LogP contribution >= 0.6 is 24.8 Å². The summed E-state index contributed by atoms with van der Waals surface area (Å²) in [4.78, 5) is 16.7. The van der Waals surface area contributed by atoms with Crippen molar-refractivity contribution in [1.29, 1.82) is 0 Å². The van der Waals surface area contributed by atoms with Gasteiger partial charge in [0.1, 0.15) is 0 Å². The number of rotatable bonds is 4. The van der Waals surface area contributed by atoms with Crippen LogP contribution in [0.2, 0.25) is 0 Å². The van der Waals surface area contributed by atoms with Gasteiger partial charge >= 0.3 is 0 Å². The van der Waals surface area contributed by atoms with Crippen molar-refractivity contribution in [2.24, 2.45) is 0 Å². The van der Waals surface area contributed by atoms with Crippen molar-refractivity contribution in [2.45, 2.75) is 44.7 Å². The van der Waals surface area contributed by atoms with Crippen molar-refractivity contribution in [3.8, 4) is 0 Å². The van der Waals surface area contributed by atoms with Gasteiger partial charge in [0.25, 0.3) is 0 Å². The highest BCUT2D eigenvalue weighted by atomic mass is 35.5. The molecule has 0 spiro atoms. The van der Waals surface area contributed by atoms with Crippen LogP contribution in [-0.4, -0.2) is 23.0 Å². The topological polar surface area (TPSA) is 54.0 Å². The molecule has 2 rings (SSSR count). The maximum Gasteiger partial charge on any atom is 0.240 e. The van der Waals surface area contributed by atoms with Gasteiger partial charge in [-0.05, 0) is 44.9 Å². The molecule has 0 bridgehead atoms. The summed E-state index contributed by atoms with van der Waals surface area (Å²) < 4.78 is 0. The lowest BCUT2D eigenvalue weighted by Crippen LogP contribution is -2.53. The molecule has 114 valence electrons. The van der Waals surface area contributed by atoms with Gasteiger partial charge in [-0.1, -0.05) is 13.0 Å². The molecular formula is C14H23Cl2N3O. The van der Waals surface area contributed by atoms with Crippen LogP contribution in [0, 0.1) is 0 Å². The summed E-state index contributed by atoms with van der Waals surface area (Å²) in [5.74, 6) is 0.0978. The molecule has 20 heavy (non-hydrogen) atoms. The normalized spacial score (nSPS) is 22.3. The monoisotopic (exact) mass is 319 g/mol. The van der Waals surface area contributed by atoms with Gasteiger partial charge in [0.05, 0.1) is 17.3 Å². The lowest BCUT2D eigenvalue weighted by Gasteiger charge is -2.28. The molecule has 1 saturated heterocycles. The molecule has 6 heteroatoms. The van der Waals surface area contributed by atoms with E-state index in [1.807, 2.05) is 25.1 Å². The summed E-state index contributed by atoms with van der Waals surface area (Å²) in [5.41, 5.74) is 0.526. The van der Waals surface area contributed by atoms with Gasteiger partial charge in [-0.2, -0.15) is 0 Å². The van der Waals surface area contributed by atoms with Crippen molar-refractivity contribution in [3.63, 3.8) is 0 Å². The number of carbonyl (C=O) groups is 1. The molecule has 0 aromatic carbocycles. The van der Waals surface area contributed by atoms with Crippen LogP contribution in [0.25, 0.3) is 0 Å². The number of nitrogens with zero attached hydrogens (tertiary/aromatic N) is 1. The molecule has 1 aromatic rings. The van der Waals surface area contributed by atoms with E-state index in [4.69, 9.17) is 0 Å². The first-order valence-corrected chi connectivity index (χ1v) is 6.65. The maximum atomic E-state index is 12.4. The second-order valence-corrected chi connectivity index (χ2v) is 4.92. The molecule has 2 N–H and O–H groups in total. The molecule has 2 atom stereocenters. The highest BCUT2D eigenvalue weighted by Gasteiger charge is 2.39. The van der Waals surface area contributed by atoms with E-state index >= 15 is 0 Å². The second-order valence-electron chi connectivity index (χ2n) is 4.92. The first kappa shape index (κ1) is 19.2. The zero-order chi connectivity index (χ0) is 13.0. The molecule has 1 amide bonds. The second kappa shape index (κ2) is 8.45. The zero-order valence-electron chi connectivity index (χ0n) is 11.9. The van der Waals surface area contributed by atoms with E-state index in [0.717, 1.165) is 31.5 Å². The summed E-state index contributed by atoms with van der Waals surface area (Å²) in [6.45, 7) is 4.96. The number of halogens is 2. The first-order valence-electron chi connectivity index (χ1n) is 6.65. The molecule has 1 fully saturated rings. The number of amides is 1. The largest absolute Gasteiger partial charge is 0.346 e.